The highest BCUT2D eigenvalue weighted by Crippen LogP contribution is 2.23. The molecule has 29 heavy (non-hydrogen) atoms. The Kier molecular flexibility index (Phi) is 5.78. The van der Waals surface area contributed by atoms with E-state index in [-0.39, 0.29) is 35.5 Å². The summed E-state index contributed by atoms with van der Waals surface area (Å²) in [4.78, 5) is 27.6. The van der Waals surface area contributed by atoms with E-state index < -0.39 is 10.0 Å². The molecular weight excluding hydrogens is 392 g/mol. The summed E-state index contributed by atoms with van der Waals surface area (Å²) >= 11 is 0. The number of sulfonamides is 1. The smallest absolute Gasteiger partial charge is 0.326 e. The van der Waals surface area contributed by atoms with Crippen molar-refractivity contribution in [2.45, 2.75) is 68.8 Å². The molecule has 1 saturated heterocycles. The quantitative estimate of drug-likeness (QED) is 0.745. The zero-order chi connectivity index (χ0) is 20.4. The number of fused-ring (bicyclic) bond motifs is 1. The summed E-state index contributed by atoms with van der Waals surface area (Å²) < 4.78 is 28.5. The molecule has 2 fully saturated rings. The lowest BCUT2D eigenvalue weighted by Gasteiger charge is -2.22. The van der Waals surface area contributed by atoms with Gasteiger partial charge in [0, 0.05) is 32.1 Å². The molecule has 1 aliphatic heterocycles. The molecular formula is C20H28N4O4S. The van der Waals surface area contributed by atoms with Gasteiger partial charge in [-0.3, -0.25) is 9.36 Å². The van der Waals surface area contributed by atoms with Crippen LogP contribution in [0, 0.1) is 0 Å². The number of aryl methyl sites for hydroxylation is 1. The molecule has 1 amide bonds. The molecule has 4 rings (SSSR count). The summed E-state index contributed by atoms with van der Waals surface area (Å²) in [5, 5.41) is 3.06. The Hall–Kier alpha value is -2.13. The summed E-state index contributed by atoms with van der Waals surface area (Å²) in [6.07, 6.45) is 7.53. The van der Waals surface area contributed by atoms with Crippen LogP contribution in [0.25, 0.3) is 11.0 Å². The van der Waals surface area contributed by atoms with Crippen molar-refractivity contribution in [3.8, 4) is 0 Å². The second kappa shape index (κ2) is 8.31. The first kappa shape index (κ1) is 20.2. The van der Waals surface area contributed by atoms with Crippen molar-refractivity contribution in [2.75, 3.05) is 13.1 Å². The number of amides is 1. The van der Waals surface area contributed by atoms with Gasteiger partial charge in [-0.1, -0.05) is 19.3 Å². The normalized spacial score (nSPS) is 19.0. The standard InChI is InChI=1S/C20H28N4O4S/c25-19(21-15-6-2-1-3-7-15)10-13-24-18-9-8-16(14-17(18)22-20(24)26)29(27,28)23-11-4-5-12-23/h8-9,14-15H,1-7,10-13H2,(H,21,25)(H,22,26). The maximum atomic E-state index is 12.7. The van der Waals surface area contributed by atoms with Gasteiger partial charge >= 0.3 is 5.69 Å². The van der Waals surface area contributed by atoms with Gasteiger partial charge in [-0.25, -0.2) is 13.2 Å². The van der Waals surface area contributed by atoms with E-state index >= 15 is 0 Å². The Balaban J connectivity index is 1.48. The van der Waals surface area contributed by atoms with Crippen LogP contribution >= 0.6 is 0 Å². The highest BCUT2D eigenvalue weighted by atomic mass is 32.2. The average Bonchev–Trinajstić information content (AvgIpc) is 3.35. The SMILES string of the molecule is O=C(CCn1c(=O)[nH]c2cc(S(=O)(=O)N3CCCC3)ccc21)NC1CCCCC1. The highest BCUT2D eigenvalue weighted by molar-refractivity contribution is 7.89. The summed E-state index contributed by atoms with van der Waals surface area (Å²) in [5.41, 5.74) is 0.755. The van der Waals surface area contributed by atoms with Crippen molar-refractivity contribution in [3.63, 3.8) is 0 Å². The lowest BCUT2D eigenvalue weighted by Crippen LogP contribution is -2.36. The molecule has 2 heterocycles. The predicted octanol–water partition coefficient (Wildman–Crippen LogP) is 1.95. The van der Waals surface area contributed by atoms with Gasteiger partial charge in [0.05, 0.1) is 15.9 Å². The molecule has 0 atom stereocenters. The minimum absolute atomic E-state index is 0.0496. The third kappa shape index (κ3) is 4.25. The number of nitrogens with one attached hydrogen (secondary N) is 2. The molecule has 2 aromatic rings. The fraction of sp³-hybridized carbons (Fsp3) is 0.600. The van der Waals surface area contributed by atoms with E-state index in [4.69, 9.17) is 0 Å². The molecule has 0 bridgehead atoms. The second-order valence-electron chi connectivity index (χ2n) is 8.02. The van der Waals surface area contributed by atoms with Crippen LogP contribution in [0.1, 0.15) is 51.4 Å². The number of nitrogens with zero attached hydrogens (tertiary/aromatic N) is 2. The number of rotatable bonds is 6. The van der Waals surface area contributed by atoms with Gasteiger partial charge in [0.15, 0.2) is 0 Å². The monoisotopic (exact) mass is 420 g/mol. The van der Waals surface area contributed by atoms with Crippen LogP contribution in [0.3, 0.4) is 0 Å². The summed E-state index contributed by atoms with van der Waals surface area (Å²) in [6.45, 7) is 1.33. The van der Waals surface area contributed by atoms with E-state index in [0.29, 0.717) is 24.1 Å². The van der Waals surface area contributed by atoms with Crippen LogP contribution in [-0.4, -0.2) is 47.3 Å². The van der Waals surface area contributed by atoms with Gasteiger partial charge in [-0.05, 0) is 43.9 Å². The first-order valence-corrected chi connectivity index (χ1v) is 11.9. The topological polar surface area (TPSA) is 104 Å². The average molecular weight is 421 g/mol. The van der Waals surface area contributed by atoms with E-state index in [1.165, 1.54) is 21.4 Å². The largest absolute Gasteiger partial charge is 0.353 e. The van der Waals surface area contributed by atoms with Crippen LogP contribution < -0.4 is 11.0 Å². The molecule has 9 heteroatoms. The van der Waals surface area contributed by atoms with E-state index in [2.05, 4.69) is 10.3 Å². The first-order chi connectivity index (χ1) is 13.9. The van der Waals surface area contributed by atoms with Crippen molar-refractivity contribution in [2.24, 2.45) is 0 Å². The van der Waals surface area contributed by atoms with Gasteiger partial charge in [-0.2, -0.15) is 4.31 Å². The Labute approximate surface area is 170 Å². The van der Waals surface area contributed by atoms with Crippen molar-refractivity contribution in [3.05, 3.63) is 28.7 Å². The minimum atomic E-state index is -3.54. The fourth-order valence-corrected chi connectivity index (χ4v) is 5.91. The fourth-order valence-electron chi connectivity index (χ4n) is 4.36. The van der Waals surface area contributed by atoms with Crippen LogP contribution in [0.15, 0.2) is 27.9 Å². The molecule has 158 valence electrons. The maximum absolute atomic E-state index is 12.7. The number of hydrogen-bond donors (Lipinski definition) is 2. The van der Waals surface area contributed by atoms with Crippen LogP contribution in [-0.2, 0) is 21.4 Å². The molecule has 0 radical (unpaired) electrons. The predicted molar refractivity (Wildman–Crippen MR) is 110 cm³/mol. The molecule has 1 aromatic carbocycles. The van der Waals surface area contributed by atoms with Crippen molar-refractivity contribution < 1.29 is 13.2 Å². The molecule has 2 aliphatic rings. The minimum Gasteiger partial charge on any atom is -0.353 e. The number of carbonyl (C=O) groups excluding carboxylic acids is 1. The van der Waals surface area contributed by atoms with Crippen molar-refractivity contribution >= 4 is 27.0 Å². The number of aromatic amines is 1. The number of imidazole rings is 1. The molecule has 2 N–H and O–H groups in total. The van der Waals surface area contributed by atoms with Crippen molar-refractivity contribution in [1.29, 1.82) is 0 Å². The molecule has 0 unspecified atom stereocenters. The molecule has 0 spiro atoms. The number of H-pyrrole nitrogens is 1. The van der Waals surface area contributed by atoms with Gasteiger partial charge in [-0.15, -0.1) is 0 Å². The number of aromatic nitrogens is 2. The van der Waals surface area contributed by atoms with Gasteiger partial charge in [0.2, 0.25) is 15.9 Å². The number of hydrogen-bond acceptors (Lipinski definition) is 4. The lowest BCUT2D eigenvalue weighted by atomic mass is 9.95. The third-order valence-corrected chi connectivity index (χ3v) is 7.88. The third-order valence-electron chi connectivity index (χ3n) is 5.98. The highest BCUT2D eigenvalue weighted by Gasteiger charge is 2.27. The van der Waals surface area contributed by atoms with Gasteiger partial charge < -0.3 is 10.3 Å². The summed E-state index contributed by atoms with van der Waals surface area (Å²) in [7, 11) is -3.54. The zero-order valence-corrected chi connectivity index (χ0v) is 17.3. The number of benzene rings is 1. The van der Waals surface area contributed by atoms with Crippen LogP contribution in [0.5, 0.6) is 0 Å². The Morgan fingerprint density at radius 1 is 1.10 bits per heavy atom. The Bertz CT molecular complexity index is 1040. The Morgan fingerprint density at radius 3 is 2.55 bits per heavy atom. The van der Waals surface area contributed by atoms with Gasteiger partial charge in [0.25, 0.3) is 0 Å². The maximum Gasteiger partial charge on any atom is 0.326 e. The van der Waals surface area contributed by atoms with Crippen molar-refractivity contribution in [1.82, 2.24) is 19.2 Å². The van der Waals surface area contributed by atoms with E-state index in [0.717, 1.165) is 38.5 Å². The first-order valence-electron chi connectivity index (χ1n) is 10.5. The second-order valence-corrected chi connectivity index (χ2v) is 9.96. The molecule has 8 nitrogen and oxygen atoms in total. The van der Waals surface area contributed by atoms with E-state index in [1.807, 2.05) is 0 Å². The molecule has 1 aliphatic carbocycles. The summed E-state index contributed by atoms with van der Waals surface area (Å²) in [5.74, 6) is -0.0496. The molecule has 1 saturated carbocycles. The van der Waals surface area contributed by atoms with E-state index in [1.54, 1.807) is 12.1 Å². The van der Waals surface area contributed by atoms with Crippen LogP contribution in [0.4, 0.5) is 0 Å². The lowest BCUT2D eigenvalue weighted by molar-refractivity contribution is -0.122. The van der Waals surface area contributed by atoms with E-state index in [9.17, 15) is 18.0 Å². The zero-order valence-electron chi connectivity index (χ0n) is 16.5. The van der Waals surface area contributed by atoms with Gasteiger partial charge in [0.1, 0.15) is 0 Å². The number of carbonyl (C=O) groups is 1. The summed E-state index contributed by atoms with van der Waals surface area (Å²) in [6, 6.07) is 4.95. The van der Waals surface area contributed by atoms with Crippen LogP contribution in [0.2, 0.25) is 0 Å². The molecule has 1 aromatic heterocycles. The Morgan fingerprint density at radius 2 is 1.83 bits per heavy atom.